The van der Waals surface area contributed by atoms with E-state index in [-0.39, 0.29) is 24.0 Å². The number of nitrogens with zero attached hydrogens (tertiary/aromatic N) is 1. The highest BCUT2D eigenvalue weighted by Gasteiger charge is 2.44. The molecule has 1 unspecified atom stereocenters. The van der Waals surface area contributed by atoms with Crippen molar-refractivity contribution in [2.75, 3.05) is 6.61 Å². The minimum atomic E-state index is -0.979. The van der Waals surface area contributed by atoms with Gasteiger partial charge in [-0.1, -0.05) is 0 Å². The van der Waals surface area contributed by atoms with Crippen LogP contribution in [-0.4, -0.2) is 47.5 Å². The van der Waals surface area contributed by atoms with Gasteiger partial charge in [0, 0.05) is 12.8 Å². The molecule has 1 fully saturated rings. The molecule has 1 N–H and O–H groups in total. The van der Waals surface area contributed by atoms with Crippen LogP contribution >= 0.6 is 0 Å². The molecular weight excluding hydrogens is 340 g/mol. The summed E-state index contributed by atoms with van der Waals surface area (Å²) < 4.78 is 5.56. The van der Waals surface area contributed by atoms with Crippen molar-refractivity contribution < 1.29 is 28.7 Å². The molecule has 1 aromatic carbocycles. The molecule has 26 heavy (non-hydrogen) atoms. The molecule has 0 saturated carbocycles. The average molecular weight is 358 g/mol. The SMILES string of the molecule is O=CCCCCOc1ccc2c(c1)C(=O)N(C1CCC(=O)NC1=O)C2=O. The lowest BCUT2D eigenvalue weighted by Crippen LogP contribution is -2.54. The number of aldehydes is 1. The molecule has 0 aliphatic carbocycles. The van der Waals surface area contributed by atoms with Gasteiger partial charge in [0.15, 0.2) is 0 Å². The van der Waals surface area contributed by atoms with Crippen molar-refractivity contribution in [2.24, 2.45) is 0 Å². The predicted octanol–water partition coefficient (Wildman–Crippen LogP) is 0.836. The van der Waals surface area contributed by atoms with Crippen LogP contribution in [0.25, 0.3) is 0 Å². The number of amides is 4. The number of carbonyl (C=O) groups excluding carboxylic acids is 5. The topological polar surface area (TPSA) is 110 Å². The van der Waals surface area contributed by atoms with E-state index in [0.29, 0.717) is 25.2 Å². The van der Waals surface area contributed by atoms with Gasteiger partial charge in [-0.3, -0.25) is 29.4 Å². The Balaban J connectivity index is 1.72. The Labute approximate surface area is 149 Å². The number of carbonyl (C=O) groups is 5. The number of piperidine rings is 1. The third-order valence-electron chi connectivity index (χ3n) is 4.40. The molecule has 136 valence electrons. The van der Waals surface area contributed by atoms with Crippen molar-refractivity contribution in [1.82, 2.24) is 10.2 Å². The molecule has 3 rings (SSSR count). The summed E-state index contributed by atoms with van der Waals surface area (Å²) in [5.74, 6) is -1.71. The van der Waals surface area contributed by atoms with Crippen molar-refractivity contribution in [3.05, 3.63) is 29.3 Å². The van der Waals surface area contributed by atoms with Gasteiger partial charge in [0.1, 0.15) is 18.1 Å². The van der Waals surface area contributed by atoms with E-state index < -0.39 is 29.7 Å². The number of rotatable bonds is 7. The van der Waals surface area contributed by atoms with Gasteiger partial charge in [-0.05, 0) is 37.5 Å². The van der Waals surface area contributed by atoms with E-state index in [1.165, 1.54) is 12.1 Å². The van der Waals surface area contributed by atoms with Gasteiger partial charge >= 0.3 is 0 Å². The lowest BCUT2D eigenvalue weighted by Gasteiger charge is -2.27. The maximum Gasteiger partial charge on any atom is 0.262 e. The normalized spacial score (nSPS) is 19.4. The fourth-order valence-electron chi connectivity index (χ4n) is 3.06. The zero-order valence-corrected chi connectivity index (χ0v) is 14.0. The summed E-state index contributed by atoms with van der Waals surface area (Å²) in [5, 5.41) is 2.16. The Bertz CT molecular complexity index is 788. The van der Waals surface area contributed by atoms with Crippen LogP contribution in [0.15, 0.2) is 18.2 Å². The fourth-order valence-corrected chi connectivity index (χ4v) is 3.06. The number of nitrogens with one attached hydrogen (secondary N) is 1. The first-order valence-corrected chi connectivity index (χ1v) is 8.45. The van der Waals surface area contributed by atoms with E-state index in [4.69, 9.17) is 4.74 Å². The molecular formula is C18H18N2O6. The molecule has 0 bridgehead atoms. The Morgan fingerprint density at radius 2 is 1.88 bits per heavy atom. The average Bonchev–Trinajstić information content (AvgIpc) is 2.86. The highest BCUT2D eigenvalue weighted by molar-refractivity contribution is 6.23. The number of ether oxygens (including phenoxy) is 1. The van der Waals surface area contributed by atoms with Crippen LogP contribution in [0.3, 0.4) is 0 Å². The minimum Gasteiger partial charge on any atom is -0.494 e. The molecule has 1 atom stereocenters. The van der Waals surface area contributed by atoms with E-state index in [0.717, 1.165) is 17.6 Å². The van der Waals surface area contributed by atoms with E-state index in [9.17, 15) is 24.0 Å². The number of hydrogen-bond donors (Lipinski definition) is 1. The van der Waals surface area contributed by atoms with E-state index in [1.807, 2.05) is 0 Å². The molecule has 0 aromatic heterocycles. The van der Waals surface area contributed by atoms with Gasteiger partial charge in [0.05, 0.1) is 17.7 Å². The van der Waals surface area contributed by atoms with Crippen molar-refractivity contribution in [2.45, 2.75) is 38.1 Å². The van der Waals surface area contributed by atoms with E-state index in [2.05, 4.69) is 5.32 Å². The fraction of sp³-hybridized carbons (Fsp3) is 0.389. The number of benzene rings is 1. The molecule has 1 aromatic rings. The summed E-state index contributed by atoms with van der Waals surface area (Å²) in [6.07, 6.45) is 2.94. The molecule has 2 heterocycles. The zero-order valence-electron chi connectivity index (χ0n) is 14.0. The van der Waals surface area contributed by atoms with Crippen LogP contribution in [0.2, 0.25) is 0 Å². The first-order chi connectivity index (χ1) is 12.5. The summed E-state index contributed by atoms with van der Waals surface area (Å²) in [4.78, 5) is 59.7. The van der Waals surface area contributed by atoms with Gasteiger partial charge in [-0.15, -0.1) is 0 Å². The summed E-state index contributed by atoms with van der Waals surface area (Å²) >= 11 is 0. The summed E-state index contributed by atoms with van der Waals surface area (Å²) in [7, 11) is 0. The Morgan fingerprint density at radius 3 is 2.62 bits per heavy atom. The number of imide groups is 2. The largest absolute Gasteiger partial charge is 0.494 e. The Kier molecular flexibility index (Phi) is 5.11. The lowest BCUT2D eigenvalue weighted by molar-refractivity contribution is -0.136. The second-order valence-corrected chi connectivity index (χ2v) is 6.17. The van der Waals surface area contributed by atoms with Crippen LogP contribution < -0.4 is 10.1 Å². The van der Waals surface area contributed by atoms with Crippen LogP contribution in [0.4, 0.5) is 0 Å². The Morgan fingerprint density at radius 1 is 1.12 bits per heavy atom. The number of fused-ring (bicyclic) bond motifs is 1. The molecule has 8 nitrogen and oxygen atoms in total. The molecule has 2 aliphatic heterocycles. The molecule has 2 aliphatic rings. The van der Waals surface area contributed by atoms with Crippen molar-refractivity contribution in [3.63, 3.8) is 0 Å². The minimum absolute atomic E-state index is 0.0823. The van der Waals surface area contributed by atoms with Crippen molar-refractivity contribution in [3.8, 4) is 5.75 Å². The van der Waals surface area contributed by atoms with Gasteiger partial charge in [-0.2, -0.15) is 0 Å². The van der Waals surface area contributed by atoms with Crippen LogP contribution in [0.1, 0.15) is 52.8 Å². The predicted molar refractivity (Wildman–Crippen MR) is 88.5 cm³/mol. The molecule has 1 saturated heterocycles. The van der Waals surface area contributed by atoms with Crippen molar-refractivity contribution in [1.29, 1.82) is 0 Å². The third kappa shape index (κ3) is 3.35. The van der Waals surface area contributed by atoms with E-state index >= 15 is 0 Å². The van der Waals surface area contributed by atoms with Crippen LogP contribution in [0, 0.1) is 0 Å². The van der Waals surface area contributed by atoms with Gasteiger partial charge in [0.2, 0.25) is 11.8 Å². The summed E-state index contributed by atoms with van der Waals surface area (Å²) in [6, 6.07) is 3.61. The van der Waals surface area contributed by atoms with Crippen LogP contribution in [-0.2, 0) is 14.4 Å². The third-order valence-corrected chi connectivity index (χ3v) is 4.40. The first kappa shape index (κ1) is 17.8. The number of hydrogen-bond acceptors (Lipinski definition) is 6. The summed E-state index contributed by atoms with van der Waals surface area (Å²) in [6.45, 7) is 0.394. The zero-order chi connectivity index (χ0) is 18.7. The second kappa shape index (κ2) is 7.47. The summed E-state index contributed by atoms with van der Waals surface area (Å²) in [5.41, 5.74) is 0.401. The van der Waals surface area contributed by atoms with Gasteiger partial charge in [-0.25, -0.2) is 0 Å². The quantitative estimate of drug-likeness (QED) is 0.439. The Hall–Kier alpha value is -3.03. The maximum atomic E-state index is 12.6. The first-order valence-electron chi connectivity index (χ1n) is 8.45. The monoisotopic (exact) mass is 358 g/mol. The highest BCUT2D eigenvalue weighted by atomic mass is 16.5. The number of unbranched alkanes of at least 4 members (excludes halogenated alkanes) is 2. The van der Waals surface area contributed by atoms with Gasteiger partial charge in [0.25, 0.3) is 11.8 Å². The molecule has 0 radical (unpaired) electrons. The van der Waals surface area contributed by atoms with Crippen LogP contribution in [0.5, 0.6) is 5.75 Å². The van der Waals surface area contributed by atoms with Gasteiger partial charge < -0.3 is 9.53 Å². The molecule has 0 spiro atoms. The molecule has 4 amide bonds. The second-order valence-electron chi connectivity index (χ2n) is 6.17. The lowest BCUT2D eigenvalue weighted by atomic mass is 10.0. The molecule has 8 heteroatoms. The van der Waals surface area contributed by atoms with Crippen molar-refractivity contribution >= 4 is 29.9 Å². The smallest absolute Gasteiger partial charge is 0.262 e. The highest BCUT2D eigenvalue weighted by Crippen LogP contribution is 2.30. The standard InChI is InChI=1S/C18H18N2O6/c21-8-2-1-3-9-26-11-4-5-12-13(10-11)18(25)20(17(12)24)14-6-7-15(22)19-16(14)23/h4-5,8,10,14H,1-3,6-7,9H2,(H,19,22,23). The van der Waals surface area contributed by atoms with E-state index in [1.54, 1.807) is 6.07 Å². The maximum absolute atomic E-state index is 12.6.